The van der Waals surface area contributed by atoms with Crippen molar-refractivity contribution < 1.29 is 4.42 Å². The molecule has 0 aliphatic carbocycles. The van der Waals surface area contributed by atoms with Crippen molar-refractivity contribution in [1.29, 1.82) is 0 Å². The number of furan rings is 1. The van der Waals surface area contributed by atoms with Crippen molar-refractivity contribution >= 4 is 75.3 Å². The number of rotatable bonds is 4. The summed E-state index contributed by atoms with van der Waals surface area (Å²) < 4.78 is 11.1. The number of hydrogen-bond acceptors (Lipinski definition) is 5. The molecular weight excluding hydrogens is 645 g/mol. The molecule has 0 fully saturated rings. The molecule has 11 rings (SSSR count). The zero-order valence-electron chi connectivity index (χ0n) is 27.1. The van der Waals surface area contributed by atoms with Crippen molar-refractivity contribution in [3.63, 3.8) is 0 Å². The highest BCUT2D eigenvalue weighted by Gasteiger charge is 2.21. The number of thiophene rings is 1. The van der Waals surface area contributed by atoms with Crippen LogP contribution in [0.3, 0.4) is 0 Å². The molecule has 0 bridgehead atoms. The van der Waals surface area contributed by atoms with Crippen LogP contribution >= 0.6 is 11.3 Å². The van der Waals surface area contributed by atoms with Gasteiger partial charge in [0.2, 0.25) is 0 Å². The molecule has 4 heterocycles. The molecule has 0 saturated carbocycles. The zero-order valence-corrected chi connectivity index (χ0v) is 27.9. The van der Waals surface area contributed by atoms with Gasteiger partial charge in [-0.15, -0.1) is 11.3 Å². The molecule has 6 heteroatoms. The van der Waals surface area contributed by atoms with Gasteiger partial charge in [0.1, 0.15) is 11.2 Å². The monoisotopic (exact) mass is 670 g/mol. The molecular formula is C45H26N4OS. The van der Waals surface area contributed by atoms with Gasteiger partial charge in [0, 0.05) is 58.4 Å². The summed E-state index contributed by atoms with van der Waals surface area (Å²) in [5.41, 5.74) is 7.69. The summed E-state index contributed by atoms with van der Waals surface area (Å²) in [6, 6.07) is 54.9. The van der Waals surface area contributed by atoms with Gasteiger partial charge in [-0.2, -0.15) is 0 Å². The van der Waals surface area contributed by atoms with Gasteiger partial charge in [0.05, 0.1) is 16.7 Å². The highest BCUT2D eigenvalue weighted by atomic mass is 32.1. The van der Waals surface area contributed by atoms with Crippen LogP contribution in [0.1, 0.15) is 0 Å². The Labute approximate surface area is 295 Å². The van der Waals surface area contributed by atoms with E-state index < -0.39 is 0 Å². The molecule has 7 aromatic carbocycles. The van der Waals surface area contributed by atoms with Crippen LogP contribution in [0, 0.1) is 0 Å². The van der Waals surface area contributed by atoms with Crippen LogP contribution in [0.4, 0.5) is 0 Å². The number of nitrogens with zero attached hydrogens (tertiary/aromatic N) is 4. The minimum Gasteiger partial charge on any atom is -0.456 e. The van der Waals surface area contributed by atoms with Crippen molar-refractivity contribution in [2.45, 2.75) is 0 Å². The van der Waals surface area contributed by atoms with E-state index in [1.807, 2.05) is 18.2 Å². The van der Waals surface area contributed by atoms with E-state index in [-0.39, 0.29) is 0 Å². The number of fused-ring (bicyclic) bond motifs is 9. The largest absolute Gasteiger partial charge is 0.456 e. The highest BCUT2D eigenvalue weighted by molar-refractivity contribution is 7.25. The lowest BCUT2D eigenvalue weighted by molar-refractivity contribution is 0.669. The van der Waals surface area contributed by atoms with Gasteiger partial charge in [-0.1, -0.05) is 103 Å². The number of benzene rings is 7. The summed E-state index contributed by atoms with van der Waals surface area (Å²) >= 11 is 1.79. The average Bonchev–Trinajstić information content (AvgIpc) is 3.87. The molecule has 0 spiro atoms. The van der Waals surface area contributed by atoms with Crippen molar-refractivity contribution in [2.75, 3.05) is 0 Å². The predicted octanol–water partition coefficient (Wildman–Crippen LogP) is 12.2. The smallest absolute Gasteiger partial charge is 0.166 e. The molecule has 0 radical (unpaired) electrons. The lowest BCUT2D eigenvalue weighted by Crippen LogP contribution is -2.03. The van der Waals surface area contributed by atoms with Crippen LogP contribution in [0.5, 0.6) is 0 Å². The third-order valence-electron chi connectivity index (χ3n) is 9.88. The minimum atomic E-state index is 0.589. The van der Waals surface area contributed by atoms with Crippen molar-refractivity contribution in [1.82, 2.24) is 19.5 Å². The van der Waals surface area contributed by atoms with Crippen LogP contribution in [0.15, 0.2) is 162 Å². The Balaban J connectivity index is 1.20. The third kappa shape index (κ3) is 4.30. The Morgan fingerprint density at radius 1 is 0.431 bits per heavy atom. The van der Waals surface area contributed by atoms with Crippen molar-refractivity contribution in [2.24, 2.45) is 0 Å². The maximum atomic E-state index is 6.32. The average molecular weight is 671 g/mol. The van der Waals surface area contributed by atoms with E-state index in [1.165, 1.54) is 25.6 Å². The van der Waals surface area contributed by atoms with Gasteiger partial charge >= 0.3 is 0 Å². The van der Waals surface area contributed by atoms with Gasteiger partial charge in [0.15, 0.2) is 17.5 Å². The lowest BCUT2D eigenvalue weighted by atomic mass is 10.0. The van der Waals surface area contributed by atoms with Crippen LogP contribution in [-0.4, -0.2) is 19.5 Å². The molecule has 11 aromatic rings. The molecule has 0 aliphatic rings. The molecule has 0 atom stereocenters. The molecule has 0 aliphatic heterocycles. The fourth-order valence-corrected chi connectivity index (χ4v) is 8.74. The topological polar surface area (TPSA) is 56.7 Å². The fourth-order valence-electron chi connectivity index (χ4n) is 7.61. The van der Waals surface area contributed by atoms with Gasteiger partial charge < -0.3 is 8.98 Å². The van der Waals surface area contributed by atoms with E-state index in [1.54, 1.807) is 11.3 Å². The number of hydrogen-bond donors (Lipinski definition) is 0. The zero-order chi connectivity index (χ0) is 33.5. The normalized spacial score (nSPS) is 11.9. The predicted molar refractivity (Wildman–Crippen MR) is 211 cm³/mol. The Hall–Kier alpha value is -6.63. The first kappa shape index (κ1) is 28.2. The van der Waals surface area contributed by atoms with Gasteiger partial charge in [-0.25, -0.2) is 15.0 Å². The quantitative estimate of drug-likeness (QED) is 0.187. The summed E-state index contributed by atoms with van der Waals surface area (Å²) in [6.45, 7) is 0. The molecule has 4 aromatic heterocycles. The molecule has 238 valence electrons. The first-order valence-corrected chi connectivity index (χ1v) is 17.8. The van der Waals surface area contributed by atoms with E-state index in [9.17, 15) is 0 Å². The summed E-state index contributed by atoms with van der Waals surface area (Å²) in [4.78, 5) is 15.8. The van der Waals surface area contributed by atoms with Gasteiger partial charge in [-0.05, 0) is 54.6 Å². The first-order valence-electron chi connectivity index (χ1n) is 16.9. The third-order valence-corrected chi connectivity index (χ3v) is 11.0. The van der Waals surface area contributed by atoms with E-state index in [0.29, 0.717) is 17.5 Å². The maximum Gasteiger partial charge on any atom is 0.166 e. The molecule has 0 unspecified atom stereocenters. The molecule has 5 nitrogen and oxygen atoms in total. The lowest BCUT2D eigenvalue weighted by Gasteiger charge is -2.14. The van der Waals surface area contributed by atoms with E-state index >= 15 is 0 Å². The SMILES string of the molecule is c1ccc(-n2c3ccccc3c3ccccc32)c(-c2nc(-c3ccc4c(c3)oc3ccccc34)nc(-c3cccc4sc5ccccc5c34)n2)c1. The Kier molecular flexibility index (Phi) is 6.05. The molecule has 51 heavy (non-hydrogen) atoms. The Morgan fingerprint density at radius 3 is 1.84 bits per heavy atom. The van der Waals surface area contributed by atoms with E-state index in [2.05, 4.69) is 144 Å². The van der Waals surface area contributed by atoms with Gasteiger partial charge in [-0.3, -0.25) is 0 Å². The van der Waals surface area contributed by atoms with Crippen LogP contribution < -0.4 is 0 Å². The second-order valence-corrected chi connectivity index (χ2v) is 13.9. The van der Waals surface area contributed by atoms with Gasteiger partial charge in [0.25, 0.3) is 0 Å². The minimum absolute atomic E-state index is 0.589. The van der Waals surface area contributed by atoms with E-state index in [4.69, 9.17) is 19.4 Å². The second kappa shape index (κ2) is 10.9. The molecule has 0 saturated heterocycles. The highest BCUT2D eigenvalue weighted by Crippen LogP contribution is 2.41. The summed E-state index contributed by atoms with van der Waals surface area (Å²) in [5.74, 6) is 1.82. The van der Waals surface area contributed by atoms with Crippen LogP contribution in [0.25, 0.3) is 104 Å². The Bertz CT molecular complexity index is 3120. The summed E-state index contributed by atoms with van der Waals surface area (Å²) in [5, 5.41) is 6.92. The standard InChI is InChI=1S/C45H26N4OS/c1-6-18-35-28(12-1)29-13-2-7-19-36(29)49(35)37-20-8-3-15-32(37)44-46-43(27-24-25-31-30-14-4-9-21-38(30)50-39(31)26-27)47-45(48-44)34-17-11-23-41-42(34)33-16-5-10-22-40(33)51-41/h1-26H. The second-order valence-electron chi connectivity index (χ2n) is 12.8. The summed E-state index contributed by atoms with van der Waals surface area (Å²) in [6.07, 6.45) is 0. The molecule has 0 N–H and O–H groups in total. The maximum absolute atomic E-state index is 6.32. The Morgan fingerprint density at radius 2 is 1.02 bits per heavy atom. The van der Waals surface area contributed by atoms with Crippen molar-refractivity contribution in [3.8, 4) is 39.9 Å². The van der Waals surface area contributed by atoms with Crippen molar-refractivity contribution in [3.05, 3.63) is 158 Å². The number of para-hydroxylation sites is 4. The van der Waals surface area contributed by atoms with Crippen LogP contribution in [-0.2, 0) is 0 Å². The fraction of sp³-hybridized carbons (Fsp3) is 0. The van der Waals surface area contributed by atoms with Crippen LogP contribution in [0.2, 0.25) is 0 Å². The molecule has 0 amide bonds. The number of aromatic nitrogens is 4. The first-order chi connectivity index (χ1) is 25.3. The van der Waals surface area contributed by atoms with E-state index in [0.717, 1.165) is 60.7 Å². The summed E-state index contributed by atoms with van der Waals surface area (Å²) in [7, 11) is 0.